The summed E-state index contributed by atoms with van der Waals surface area (Å²) in [5.74, 6) is -0.294. The summed E-state index contributed by atoms with van der Waals surface area (Å²) >= 11 is 3.45. The lowest BCUT2D eigenvalue weighted by Crippen LogP contribution is -2.41. The van der Waals surface area contributed by atoms with Crippen molar-refractivity contribution in [2.75, 3.05) is 19.0 Å². The van der Waals surface area contributed by atoms with Crippen molar-refractivity contribution in [1.82, 2.24) is 0 Å². The van der Waals surface area contributed by atoms with Gasteiger partial charge in [0.15, 0.2) is 6.04 Å². The number of carbonyl (C=O) groups excluding carboxylic acids is 1. The molecule has 0 aromatic heterocycles. The summed E-state index contributed by atoms with van der Waals surface area (Å²) in [4.78, 5) is 11.8. The van der Waals surface area contributed by atoms with Crippen LogP contribution in [0.1, 0.15) is 12.8 Å². The third-order valence-corrected chi connectivity index (χ3v) is 3.67. The molecule has 1 N–H and O–H groups in total. The van der Waals surface area contributed by atoms with Crippen LogP contribution in [0.3, 0.4) is 0 Å². The highest BCUT2D eigenvalue weighted by Crippen LogP contribution is 2.25. The summed E-state index contributed by atoms with van der Waals surface area (Å²) < 4.78 is 11.3. The Kier molecular flexibility index (Phi) is 4.60. The second kappa shape index (κ2) is 6.20. The van der Waals surface area contributed by atoms with E-state index in [1.165, 1.54) is 7.11 Å². The van der Waals surface area contributed by atoms with E-state index in [1.54, 1.807) is 0 Å². The normalized spacial score (nSPS) is 20.4. The molecule has 0 aliphatic carbocycles. The van der Waals surface area contributed by atoms with Crippen LogP contribution in [-0.2, 0) is 14.3 Å². The predicted molar refractivity (Wildman–Crippen MR) is 72.5 cm³/mol. The van der Waals surface area contributed by atoms with Crippen molar-refractivity contribution < 1.29 is 14.3 Å². The first-order valence-corrected chi connectivity index (χ1v) is 6.72. The standard InChI is InChI=1S/C13H16BrNO3/c1-17-13(16)12(11-7-4-8-18-11)15-10-6-3-2-5-9(10)14/h2-3,5-6,11-12,15H,4,7-8H2,1H3. The van der Waals surface area contributed by atoms with E-state index in [2.05, 4.69) is 21.2 Å². The second-order valence-electron chi connectivity index (χ2n) is 4.18. The van der Waals surface area contributed by atoms with E-state index in [1.807, 2.05) is 24.3 Å². The Morgan fingerprint density at radius 3 is 2.94 bits per heavy atom. The average molecular weight is 314 g/mol. The Balaban J connectivity index is 2.14. The van der Waals surface area contributed by atoms with Gasteiger partial charge in [-0.25, -0.2) is 4.79 Å². The molecule has 0 radical (unpaired) electrons. The molecular formula is C13H16BrNO3. The predicted octanol–water partition coefficient (Wildman–Crippen LogP) is 2.58. The molecule has 18 heavy (non-hydrogen) atoms. The topological polar surface area (TPSA) is 47.6 Å². The third kappa shape index (κ3) is 3.03. The third-order valence-electron chi connectivity index (χ3n) is 2.98. The van der Waals surface area contributed by atoms with E-state index < -0.39 is 6.04 Å². The molecule has 0 amide bonds. The Morgan fingerprint density at radius 1 is 1.56 bits per heavy atom. The molecule has 0 saturated carbocycles. The van der Waals surface area contributed by atoms with Crippen molar-refractivity contribution in [1.29, 1.82) is 0 Å². The number of carbonyl (C=O) groups is 1. The summed E-state index contributed by atoms with van der Waals surface area (Å²) in [6, 6.07) is 7.21. The number of hydrogen-bond donors (Lipinski definition) is 1. The van der Waals surface area contributed by atoms with Gasteiger partial charge in [0.2, 0.25) is 0 Å². The first kappa shape index (κ1) is 13.4. The summed E-state index contributed by atoms with van der Waals surface area (Å²) in [6.45, 7) is 0.704. The molecule has 5 heteroatoms. The molecule has 1 saturated heterocycles. The van der Waals surface area contributed by atoms with Crippen molar-refractivity contribution in [3.8, 4) is 0 Å². The van der Waals surface area contributed by atoms with E-state index in [4.69, 9.17) is 9.47 Å². The molecule has 1 aromatic rings. The molecule has 0 spiro atoms. The van der Waals surface area contributed by atoms with E-state index >= 15 is 0 Å². The first-order valence-electron chi connectivity index (χ1n) is 5.93. The maximum Gasteiger partial charge on any atom is 0.331 e. The average Bonchev–Trinajstić information content (AvgIpc) is 2.90. The van der Waals surface area contributed by atoms with Gasteiger partial charge in [-0.3, -0.25) is 0 Å². The van der Waals surface area contributed by atoms with Crippen molar-refractivity contribution in [3.63, 3.8) is 0 Å². The molecule has 2 unspecified atom stereocenters. The maximum atomic E-state index is 11.8. The van der Waals surface area contributed by atoms with Gasteiger partial charge in [0, 0.05) is 16.8 Å². The summed E-state index contributed by atoms with van der Waals surface area (Å²) in [6.07, 6.45) is 1.73. The molecule has 1 aliphatic heterocycles. The van der Waals surface area contributed by atoms with Crippen LogP contribution in [0, 0.1) is 0 Å². The zero-order valence-corrected chi connectivity index (χ0v) is 11.8. The minimum absolute atomic E-state index is 0.121. The van der Waals surface area contributed by atoms with Crippen LogP contribution < -0.4 is 5.32 Å². The quantitative estimate of drug-likeness (QED) is 0.868. The number of halogens is 1. The van der Waals surface area contributed by atoms with E-state index in [-0.39, 0.29) is 12.1 Å². The highest BCUT2D eigenvalue weighted by atomic mass is 79.9. The van der Waals surface area contributed by atoms with Gasteiger partial charge in [-0.15, -0.1) is 0 Å². The molecule has 1 aromatic carbocycles. The van der Waals surface area contributed by atoms with Gasteiger partial charge in [0.1, 0.15) is 0 Å². The smallest absolute Gasteiger partial charge is 0.331 e. The minimum Gasteiger partial charge on any atom is -0.467 e. The van der Waals surface area contributed by atoms with Crippen LogP contribution in [0.15, 0.2) is 28.7 Å². The van der Waals surface area contributed by atoms with Gasteiger partial charge in [-0.05, 0) is 40.9 Å². The SMILES string of the molecule is COC(=O)C(Nc1ccccc1Br)C1CCCO1. The Bertz CT molecular complexity index is 418. The van der Waals surface area contributed by atoms with Gasteiger partial charge in [0.05, 0.1) is 13.2 Å². The summed E-state index contributed by atoms with van der Waals surface area (Å²) in [5.41, 5.74) is 0.864. The van der Waals surface area contributed by atoms with Crippen molar-refractivity contribution in [2.24, 2.45) is 0 Å². The van der Waals surface area contributed by atoms with Crippen LogP contribution in [0.2, 0.25) is 0 Å². The molecule has 0 bridgehead atoms. The lowest BCUT2D eigenvalue weighted by Gasteiger charge is -2.23. The number of ether oxygens (including phenoxy) is 2. The lowest BCUT2D eigenvalue weighted by atomic mass is 10.1. The van der Waals surface area contributed by atoms with Crippen molar-refractivity contribution >= 4 is 27.6 Å². The van der Waals surface area contributed by atoms with Crippen molar-refractivity contribution in [2.45, 2.75) is 25.0 Å². The monoisotopic (exact) mass is 313 g/mol. The molecular weight excluding hydrogens is 298 g/mol. The van der Waals surface area contributed by atoms with Gasteiger partial charge in [-0.1, -0.05) is 12.1 Å². The molecule has 1 fully saturated rings. The van der Waals surface area contributed by atoms with Crippen LogP contribution in [-0.4, -0.2) is 31.8 Å². The van der Waals surface area contributed by atoms with Gasteiger partial charge < -0.3 is 14.8 Å². The molecule has 98 valence electrons. The number of para-hydroxylation sites is 1. The fourth-order valence-corrected chi connectivity index (χ4v) is 2.44. The first-order chi connectivity index (χ1) is 8.72. The van der Waals surface area contributed by atoms with Crippen LogP contribution in [0.25, 0.3) is 0 Å². The maximum absolute atomic E-state index is 11.8. The molecule has 4 nitrogen and oxygen atoms in total. The van der Waals surface area contributed by atoms with Crippen molar-refractivity contribution in [3.05, 3.63) is 28.7 Å². The van der Waals surface area contributed by atoms with Gasteiger partial charge in [-0.2, -0.15) is 0 Å². The lowest BCUT2D eigenvalue weighted by molar-refractivity contribution is -0.144. The van der Waals surface area contributed by atoms with E-state index in [0.717, 1.165) is 23.0 Å². The fourth-order valence-electron chi connectivity index (χ4n) is 2.04. The summed E-state index contributed by atoms with van der Waals surface area (Å²) in [5, 5.41) is 3.19. The van der Waals surface area contributed by atoms with E-state index in [9.17, 15) is 4.79 Å². The Labute approximate surface area is 115 Å². The number of hydrogen-bond acceptors (Lipinski definition) is 4. The van der Waals surface area contributed by atoms with Crippen LogP contribution in [0.5, 0.6) is 0 Å². The Morgan fingerprint density at radius 2 is 2.33 bits per heavy atom. The van der Waals surface area contributed by atoms with Gasteiger partial charge in [0.25, 0.3) is 0 Å². The largest absolute Gasteiger partial charge is 0.467 e. The number of methoxy groups -OCH3 is 1. The summed E-state index contributed by atoms with van der Waals surface area (Å²) in [7, 11) is 1.39. The highest BCUT2D eigenvalue weighted by Gasteiger charge is 2.32. The number of benzene rings is 1. The van der Waals surface area contributed by atoms with Crippen LogP contribution in [0.4, 0.5) is 5.69 Å². The molecule has 2 rings (SSSR count). The molecule has 1 heterocycles. The zero-order chi connectivity index (χ0) is 13.0. The highest BCUT2D eigenvalue weighted by molar-refractivity contribution is 9.10. The van der Waals surface area contributed by atoms with E-state index in [0.29, 0.717) is 6.61 Å². The number of anilines is 1. The Hall–Kier alpha value is -1.07. The molecule has 2 atom stereocenters. The van der Waals surface area contributed by atoms with Crippen LogP contribution >= 0.6 is 15.9 Å². The second-order valence-corrected chi connectivity index (χ2v) is 5.03. The van der Waals surface area contributed by atoms with Gasteiger partial charge >= 0.3 is 5.97 Å². The number of nitrogens with one attached hydrogen (secondary N) is 1. The minimum atomic E-state index is -0.462. The zero-order valence-electron chi connectivity index (χ0n) is 10.2. The fraction of sp³-hybridized carbons (Fsp3) is 0.462. The number of rotatable bonds is 4. The number of esters is 1. The molecule has 1 aliphatic rings.